The Morgan fingerprint density at radius 1 is 1.73 bits per heavy atom. The Labute approximate surface area is 96.8 Å². The zero-order valence-electron chi connectivity index (χ0n) is 7.80. The van der Waals surface area contributed by atoms with Crippen LogP contribution in [-0.4, -0.2) is 41.9 Å². The third kappa shape index (κ3) is 3.38. The number of halogens is 1. The van der Waals surface area contributed by atoms with E-state index in [-0.39, 0.29) is 24.4 Å². The first kappa shape index (κ1) is 12.3. The van der Waals surface area contributed by atoms with Gasteiger partial charge in [-0.15, -0.1) is 22.6 Å². The maximum atomic E-state index is 11.6. The molecule has 0 spiro atoms. The van der Waals surface area contributed by atoms with Crippen LogP contribution in [0.15, 0.2) is 5.51 Å². The zero-order chi connectivity index (χ0) is 9.80. The Bertz CT molecular complexity index is 302. The summed E-state index contributed by atoms with van der Waals surface area (Å²) in [5, 5.41) is 13.6. The molecule has 1 aromatic rings. The van der Waals surface area contributed by atoms with Crippen LogP contribution in [0, 0.1) is 0 Å². The lowest BCUT2D eigenvalue weighted by Crippen LogP contribution is -2.48. The van der Waals surface area contributed by atoms with Crippen LogP contribution in [0.25, 0.3) is 0 Å². The predicted molar refractivity (Wildman–Crippen MR) is 58.4 cm³/mol. The molecule has 0 aliphatic carbocycles. The molecule has 1 aliphatic heterocycles. The van der Waals surface area contributed by atoms with Crippen LogP contribution in [0.1, 0.15) is 0 Å². The van der Waals surface area contributed by atoms with Gasteiger partial charge in [-0.1, -0.05) is 11.3 Å². The monoisotopic (exact) mass is 250 g/mol. The summed E-state index contributed by atoms with van der Waals surface area (Å²) in [5.74, 6) is -0.124. The van der Waals surface area contributed by atoms with Gasteiger partial charge in [-0.05, 0) is 0 Å². The van der Waals surface area contributed by atoms with E-state index in [1.807, 2.05) is 0 Å². The van der Waals surface area contributed by atoms with Crippen LogP contribution in [-0.2, 0) is 9.53 Å². The van der Waals surface area contributed by atoms with E-state index < -0.39 is 0 Å². The molecule has 2 rings (SSSR count). The Morgan fingerprint density at radius 2 is 2.60 bits per heavy atom. The number of nitrogens with one attached hydrogen (secondary N) is 2. The Morgan fingerprint density at radius 3 is 3.20 bits per heavy atom. The summed E-state index contributed by atoms with van der Waals surface area (Å²) in [6.07, 6.45) is 0. The summed E-state index contributed by atoms with van der Waals surface area (Å²) in [4.78, 5) is 11.6. The number of hydrogen-bond donors (Lipinski definition) is 2. The van der Waals surface area contributed by atoms with E-state index in [1.165, 1.54) is 11.3 Å². The van der Waals surface area contributed by atoms with Gasteiger partial charge in [0, 0.05) is 6.54 Å². The summed E-state index contributed by atoms with van der Waals surface area (Å²) >= 11 is 1.29. The van der Waals surface area contributed by atoms with E-state index in [2.05, 4.69) is 20.8 Å². The van der Waals surface area contributed by atoms with Gasteiger partial charge in [0.25, 0.3) is 0 Å². The van der Waals surface area contributed by atoms with E-state index in [9.17, 15) is 4.79 Å². The lowest BCUT2D eigenvalue weighted by Gasteiger charge is -2.22. The molecular weight excluding hydrogens is 240 g/mol. The summed E-state index contributed by atoms with van der Waals surface area (Å²) in [7, 11) is 0. The van der Waals surface area contributed by atoms with Gasteiger partial charge in [0.15, 0.2) is 0 Å². The van der Waals surface area contributed by atoms with Gasteiger partial charge in [-0.25, -0.2) is 0 Å². The van der Waals surface area contributed by atoms with Crippen molar-refractivity contribution in [2.75, 3.05) is 25.1 Å². The quantitative estimate of drug-likeness (QED) is 0.766. The molecule has 1 amide bonds. The van der Waals surface area contributed by atoms with Crippen LogP contribution in [0.5, 0.6) is 0 Å². The van der Waals surface area contributed by atoms with E-state index in [1.54, 1.807) is 5.51 Å². The van der Waals surface area contributed by atoms with Crippen LogP contribution in [0.4, 0.5) is 5.13 Å². The fourth-order valence-corrected chi connectivity index (χ4v) is 1.60. The molecule has 2 heterocycles. The second-order valence-electron chi connectivity index (χ2n) is 2.81. The van der Waals surface area contributed by atoms with Gasteiger partial charge in [-0.3, -0.25) is 10.1 Å². The summed E-state index contributed by atoms with van der Waals surface area (Å²) in [6, 6.07) is -0.285. The highest BCUT2D eigenvalue weighted by molar-refractivity contribution is 7.13. The number of carbonyl (C=O) groups excluding carboxylic acids is 1. The number of amides is 1. The summed E-state index contributed by atoms with van der Waals surface area (Å²) in [6.45, 7) is 1.77. The van der Waals surface area contributed by atoms with Gasteiger partial charge < -0.3 is 10.1 Å². The number of aromatic nitrogens is 2. The number of rotatable bonds is 2. The number of nitrogens with zero attached hydrogens (tertiary/aromatic N) is 2. The van der Waals surface area contributed by atoms with Gasteiger partial charge >= 0.3 is 0 Å². The normalized spacial score (nSPS) is 20.4. The summed E-state index contributed by atoms with van der Waals surface area (Å²) < 4.78 is 5.17. The summed E-state index contributed by atoms with van der Waals surface area (Å²) in [5.41, 5.74) is 1.57. The van der Waals surface area contributed by atoms with Crippen molar-refractivity contribution in [3.8, 4) is 0 Å². The van der Waals surface area contributed by atoms with Gasteiger partial charge in [-0.2, -0.15) is 0 Å². The average Bonchev–Trinajstić information content (AvgIpc) is 2.72. The first-order chi connectivity index (χ1) is 6.86. The first-order valence-corrected chi connectivity index (χ1v) is 5.12. The maximum absolute atomic E-state index is 11.6. The van der Waals surface area contributed by atoms with Crippen LogP contribution in [0.3, 0.4) is 0 Å². The topological polar surface area (TPSA) is 76.1 Å². The third-order valence-corrected chi connectivity index (χ3v) is 2.43. The highest BCUT2D eigenvalue weighted by Crippen LogP contribution is 2.08. The van der Waals surface area contributed by atoms with Crippen LogP contribution >= 0.6 is 23.7 Å². The predicted octanol–water partition coefficient (Wildman–Crippen LogP) is -0.113. The molecule has 0 aromatic carbocycles. The number of morpholine rings is 1. The van der Waals surface area contributed by atoms with E-state index >= 15 is 0 Å². The Balaban J connectivity index is 0.00000112. The number of hydrogen-bond acceptors (Lipinski definition) is 6. The molecular formula is C7H11ClN4O2S. The fourth-order valence-electron chi connectivity index (χ4n) is 1.15. The molecule has 15 heavy (non-hydrogen) atoms. The van der Waals surface area contributed by atoms with Crippen molar-refractivity contribution in [2.45, 2.75) is 6.04 Å². The highest BCUT2D eigenvalue weighted by Gasteiger charge is 2.21. The van der Waals surface area contributed by atoms with Crippen LogP contribution in [0.2, 0.25) is 0 Å². The van der Waals surface area contributed by atoms with Crippen molar-refractivity contribution in [3.05, 3.63) is 5.51 Å². The zero-order valence-corrected chi connectivity index (χ0v) is 9.44. The molecule has 1 fully saturated rings. The molecule has 1 unspecified atom stereocenters. The molecule has 8 heteroatoms. The second kappa shape index (κ2) is 5.96. The van der Waals surface area contributed by atoms with Crippen molar-refractivity contribution in [3.63, 3.8) is 0 Å². The van der Waals surface area contributed by atoms with Gasteiger partial charge in [0.05, 0.1) is 13.2 Å². The van der Waals surface area contributed by atoms with Crippen molar-refractivity contribution in [1.29, 1.82) is 0 Å². The molecule has 1 aliphatic rings. The molecule has 6 nitrogen and oxygen atoms in total. The standard InChI is InChI=1S/C7H10N4O2S.ClH/c12-6(5-3-13-2-1-8-5)10-7-11-9-4-14-7;/h4-5,8H,1-3H2,(H,10,11,12);1H. The first-order valence-electron chi connectivity index (χ1n) is 4.24. The molecule has 1 atom stereocenters. The second-order valence-corrected chi connectivity index (χ2v) is 3.65. The largest absolute Gasteiger partial charge is 0.378 e. The SMILES string of the molecule is Cl.O=C(Nc1nncs1)C1COCCN1. The lowest BCUT2D eigenvalue weighted by molar-refractivity contribution is -0.120. The van der Waals surface area contributed by atoms with Crippen molar-refractivity contribution in [1.82, 2.24) is 15.5 Å². The van der Waals surface area contributed by atoms with Gasteiger partial charge in [0.1, 0.15) is 11.6 Å². The minimum absolute atomic E-state index is 0. The van der Waals surface area contributed by atoms with Gasteiger partial charge in [0.2, 0.25) is 11.0 Å². The molecule has 1 aromatic heterocycles. The third-order valence-electron chi connectivity index (χ3n) is 1.83. The molecule has 0 radical (unpaired) electrons. The molecule has 1 saturated heterocycles. The molecule has 0 bridgehead atoms. The fraction of sp³-hybridized carbons (Fsp3) is 0.571. The highest BCUT2D eigenvalue weighted by atomic mass is 35.5. The minimum Gasteiger partial charge on any atom is -0.378 e. The molecule has 0 saturated carbocycles. The Hall–Kier alpha value is -0.760. The van der Waals surface area contributed by atoms with E-state index in [0.717, 1.165) is 0 Å². The Kier molecular flexibility index (Phi) is 4.89. The maximum Gasteiger partial charge on any atom is 0.245 e. The number of carbonyl (C=O) groups is 1. The average molecular weight is 251 g/mol. The van der Waals surface area contributed by atoms with E-state index in [4.69, 9.17) is 4.74 Å². The molecule has 2 N–H and O–H groups in total. The van der Waals surface area contributed by atoms with Crippen molar-refractivity contribution in [2.24, 2.45) is 0 Å². The smallest absolute Gasteiger partial charge is 0.245 e. The lowest BCUT2D eigenvalue weighted by atomic mass is 10.2. The molecule has 84 valence electrons. The van der Waals surface area contributed by atoms with Crippen LogP contribution < -0.4 is 10.6 Å². The minimum atomic E-state index is -0.285. The number of anilines is 1. The van der Waals surface area contributed by atoms with Crippen molar-refractivity contribution >= 4 is 34.8 Å². The number of ether oxygens (including phenoxy) is 1. The van der Waals surface area contributed by atoms with Crippen molar-refractivity contribution < 1.29 is 9.53 Å². The van der Waals surface area contributed by atoms with E-state index in [0.29, 0.717) is 24.9 Å².